The molecule has 0 radical (unpaired) electrons. The quantitative estimate of drug-likeness (QED) is 0.0335. The van der Waals surface area contributed by atoms with Crippen LogP contribution < -0.4 is 26.6 Å². The van der Waals surface area contributed by atoms with E-state index in [-0.39, 0.29) is 133 Å². The third-order valence-electron chi connectivity index (χ3n) is 12.1. The Labute approximate surface area is 427 Å². The van der Waals surface area contributed by atoms with Gasteiger partial charge in [0.2, 0.25) is 29.5 Å². The molecule has 72 heavy (non-hydrogen) atoms. The van der Waals surface area contributed by atoms with Gasteiger partial charge in [-0.25, -0.2) is 4.79 Å². The molecule has 0 bridgehead atoms. The molecule has 1 aliphatic rings. The number of carboxylic acids is 2. The number of ether oxygens (including phenoxy) is 6. The number of carbonyl (C=O) groups is 8. The van der Waals surface area contributed by atoms with Crippen molar-refractivity contribution in [3.8, 4) is 0 Å². The number of rotatable bonds is 51. The first-order valence-electron chi connectivity index (χ1n) is 26.7. The SMILES string of the molecule is O=CCOCCOCCNC(=O)COCCOCCNC(=O)COCCOCCNC(=O)CC[C@H](NC(=O)[C@H]1CC[C@H](CNC(=O)CCCCCCCCCCCCCCCCCCC(=O)O)CC1)C(=O)O. The molecule has 0 saturated heterocycles. The van der Waals surface area contributed by atoms with Gasteiger partial charge in [0.25, 0.3) is 0 Å². The van der Waals surface area contributed by atoms with Crippen molar-refractivity contribution < 1.29 is 77.0 Å². The lowest BCUT2D eigenvalue weighted by Crippen LogP contribution is -2.45. The van der Waals surface area contributed by atoms with Gasteiger partial charge in [0.15, 0.2) is 0 Å². The molecule has 21 heteroatoms. The van der Waals surface area contributed by atoms with Gasteiger partial charge in [-0.2, -0.15) is 0 Å². The van der Waals surface area contributed by atoms with Crippen LogP contribution in [0, 0.1) is 11.8 Å². The third-order valence-corrected chi connectivity index (χ3v) is 12.1. The molecule has 0 aromatic carbocycles. The van der Waals surface area contributed by atoms with Gasteiger partial charge >= 0.3 is 11.9 Å². The van der Waals surface area contributed by atoms with Crippen molar-refractivity contribution in [2.24, 2.45) is 11.8 Å². The molecule has 1 rings (SSSR count). The lowest BCUT2D eigenvalue weighted by atomic mass is 9.81. The van der Waals surface area contributed by atoms with E-state index in [0.29, 0.717) is 58.5 Å². The predicted octanol–water partition coefficient (Wildman–Crippen LogP) is 4.01. The minimum atomic E-state index is -1.20. The molecule has 416 valence electrons. The van der Waals surface area contributed by atoms with Crippen LogP contribution in [0.4, 0.5) is 0 Å². The minimum Gasteiger partial charge on any atom is -0.481 e. The first kappa shape index (κ1) is 65.7. The van der Waals surface area contributed by atoms with Gasteiger partial charge in [0.1, 0.15) is 32.1 Å². The molecule has 0 unspecified atom stereocenters. The zero-order chi connectivity index (χ0) is 52.5. The summed E-state index contributed by atoms with van der Waals surface area (Å²) >= 11 is 0. The number of amides is 5. The maximum absolute atomic E-state index is 13.0. The smallest absolute Gasteiger partial charge is 0.326 e. The molecular formula is C51H91N5O16. The standard InChI is InChI=1S/C51H91N5O16/c57-28-32-70-34-33-67-30-26-53-47(60)40-72-38-36-69-31-27-54-48(61)41-71-37-35-68-29-25-52-46(59)24-23-44(51(65)66)56-50(64)43-21-19-42(20-22-43)39-55-45(58)17-15-13-11-9-7-5-3-1-2-4-6-8-10-12-14-16-18-49(62)63/h28,42-44H,1-27,29-41H2,(H,52,59)(H,53,60)(H,54,61)(H,55,58)(H,56,64)(H,62,63)(H,65,66)/t42-,43-,44-/m0/s1. The van der Waals surface area contributed by atoms with Crippen molar-refractivity contribution in [1.29, 1.82) is 0 Å². The number of nitrogens with one attached hydrogen (secondary N) is 5. The predicted molar refractivity (Wildman–Crippen MR) is 268 cm³/mol. The number of hydrogen-bond donors (Lipinski definition) is 7. The van der Waals surface area contributed by atoms with Gasteiger partial charge in [-0.05, 0) is 50.9 Å². The van der Waals surface area contributed by atoms with Crippen molar-refractivity contribution in [1.82, 2.24) is 26.6 Å². The highest BCUT2D eigenvalue weighted by atomic mass is 16.5. The summed E-state index contributed by atoms with van der Waals surface area (Å²) in [5, 5.41) is 32.0. The number of aldehydes is 1. The summed E-state index contributed by atoms with van der Waals surface area (Å²) < 4.78 is 31.5. The Kier molecular flexibility index (Phi) is 43.6. The van der Waals surface area contributed by atoms with E-state index in [1.165, 1.54) is 64.2 Å². The molecule has 7 N–H and O–H groups in total. The Balaban J connectivity index is 1.96. The summed E-state index contributed by atoms with van der Waals surface area (Å²) in [7, 11) is 0. The molecule has 0 aromatic rings. The van der Waals surface area contributed by atoms with Gasteiger partial charge in [0, 0.05) is 51.4 Å². The second-order valence-corrected chi connectivity index (χ2v) is 18.2. The topological polar surface area (TPSA) is 293 Å². The normalized spacial score (nSPS) is 14.8. The molecule has 5 amide bonds. The van der Waals surface area contributed by atoms with Crippen LogP contribution in [-0.2, 0) is 66.8 Å². The van der Waals surface area contributed by atoms with Crippen LogP contribution in [0.3, 0.4) is 0 Å². The van der Waals surface area contributed by atoms with E-state index in [4.69, 9.17) is 33.5 Å². The van der Waals surface area contributed by atoms with Crippen LogP contribution in [0.5, 0.6) is 0 Å². The zero-order valence-electron chi connectivity index (χ0n) is 43.2. The lowest BCUT2D eigenvalue weighted by molar-refractivity contribution is -0.143. The van der Waals surface area contributed by atoms with E-state index in [9.17, 15) is 43.5 Å². The Bertz CT molecular complexity index is 1450. The van der Waals surface area contributed by atoms with Crippen molar-refractivity contribution in [3.05, 3.63) is 0 Å². The molecule has 0 spiro atoms. The van der Waals surface area contributed by atoms with Crippen LogP contribution in [0.15, 0.2) is 0 Å². The summed E-state index contributed by atoms with van der Waals surface area (Å²) in [6.07, 6.45) is 22.8. The number of hydrogen-bond acceptors (Lipinski definition) is 14. The van der Waals surface area contributed by atoms with Gasteiger partial charge in [-0.1, -0.05) is 89.9 Å². The molecule has 21 nitrogen and oxygen atoms in total. The van der Waals surface area contributed by atoms with Crippen molar-refractivity contribution in [3.63, 3.8) is 0 Å². The molecule has 1 saturated carbocycles. The molecule has 1 fully saturated rings. The van der Waals surface area contributed by atoms with Crippen molar-refractivity contribution >= 4 is 47.8 Å². The van der Waals surface area contributed by atoms with Gasteiger partial charge in [0.05, 0.1) is 59.5 Å². The van der Waals surface area contributed by atoms with E-state index >= 15 is 0 Å². The van der Waals surface area contributed by atoms with Gasteiger partial charge in [-0.3, -0.25) is 28.8 Å². The molecule has 0 aliphatic heterocycles. The fourth-order valence-electron chi connectivity index (χ4n) is 7.93. The maximum Gasteiger partial charge on any atom is 0.326 e. The number of unbranched alkanes of at least 4 members (excludes halogenated alkanes) is 15. The highest BCUT2D eigenvalue weighted by Crippen LogP contribution is 2.29. The van der Waals surface area contributed by atoms with E-state index in [1.54, 1.807) is 0 Å². The van der Waals surface area contributed by atoms with Crippen molar-refractivity contribution in [2.45, 2.75) is 160 Å². The largest absolute Gasteiger partial charge is 0.481 e. The monoisotopic (exact) mass is 1030 g/mol. The van der Waals surface area contributed by atoms with Crippen LogP contribution in [0.2, 0.25) is 0 Å². The Morgan fingerprint density at radius 2 is 0.861 bits per heavy atom. The Morgan fingerprint density at radius 1 is 0.458 bits per heavy atom. The van der Waals surface area contributed by atoms with Gasteiger partial charge in [-0.15, -0.1) is 0 Å². The maximum atomic E-state index is 13.0. The highest BCUT2D eigenvalue weighted by Gasteiger charge is 2.30. The van der Waals surface area contributed by atoms with E-state index in [2.05, 4.69) is 26.6 Å². The second-order valence-electron chi connectivity index (χ2n) is 18.2. The summed E-state index contributed by atoms with van der Waals surface area (Å²) in [5.41, 5.74) is 0. The first-order valence-corrected chi connectivity index (χ1v) is 26.7. The van der Waals surface area contributed by atoms with E-state index in [1.807, 2.05) is 0 Å². The van der Waals surface area contributed by atoms with Crippen LogP contribution >= 0.6 is 0 Å². The first-order chi connectivity index (χ1) is 35.0. The number of aliphatic carboxylic acids is 2. The Hall–Kier alpha value is -4.28. The summed E-state index contributed by atoms with van der Waals surface area (Å²) in [5.74, 6) is -3.19. The minimum absolute atomic E-state index is 0.0249. The van der Waals surface area contributed by atoms with Crippen molar-refractivity contribution in [2.75, 3.05) is 105 Å². The fourth-order valence-corrected chi connectivity index (χ4v) is 7.93. The molecule has 1 aliphatic carbocycles. The lowest BCUT2D eigenvalue weighted by Gasteiger charge is -2.28. The summed E-state index contributed by atoms with van der Waals surface area (Å²) in [6.45, 7) is 3.21. The molecule has 0 heterocycles. The number of carbonyl (C=O) groups excluding carboxylic acids is 6. The van der Waals surface area contributed by atoms with Crippen LogP contribution in [0.25, 0.3) is 0 Å². The summed E-state index contributed by atoms with van der Waals surface area (Å²) in [6, 6.07) is -1.19. The molecule has 1 atom stereocenters. The molecular weight excluding hydrogens is 939 g/mol. The zero-order valence-corrected chi connectivity index (χ0v) is 43.2. The van der Waals surface area contributed by atoms with Crippen LogP contribution in [-0.4, -0.2) is 169 Å². The van der Waals surface area contributed by atoms with E-state index in [0.717, 1.165) is 51.4 Å². The highest BCUT2D eigenvalue weighted by molar-refractivity contribution is 5.85. The summed E-state index contributed by atoms with van der Waals surface area (Å²) in [4.78, 5) is 94.0. The van der Waals surface area contributed by atoms with Gasteiger partial charge < -0.3 is 70.0 Å². The molecule has 0 aromatic heterocycles. The number of carboxylic acid groups (broad SMARTS) is 2. The second kappa shape index (κ2) is 47.7. The van der Waals surface area contributed by atoms with Crippen LogP contribution in [0.1, 0.15) is 154 Å². The fraction of sp³-hybridized carbons (Fsp3) is 0.843. The Morgan fingerprint density at radius 3 is 1.31 bits per heavy atom. The third kappa shape index (κ3) is 42.2. The van der Waals surface area contributed by atoms with E-state index < -0.39 is 18.0 Å². The average molecular weight is 1030 g/mol. The average Bonchev–Trinajstić information content (AvgIpc) is 3.36.